The van der Waals surface area contributed by atoms with Crippen LogP contribution >= 0.6 is 11.6 Å². The summed E-state index contributed by atoms with van der Waals surface area (Å²) in [6.45, 7) is 0. The largest absolute Gasteiger partial charge is 1.00 e. The van der Waals surface area contributed by atoms with Gasteiger partial charge in [0.15, 0.2) is 24.0 Å². The molecule has 3 aromatic rings. The summed E-state index contributed by atoms with van der Waals surface area (Å²) < 4.78 is 5.73. The van der Waals surface area contributed by atoms with Crippen molar-refractivity contribution in [1.29, 1.82) is 0 Å². The van der Waals surface area contributed by atoms with Gasteiger partial charge in [0.05, 0.1) is 12.2 Å². The van der Waals surface area contributed by atoms with E-state index < -0.39 is 11.6 Å². The molecule has 1 atom stereocenters. The molecule has 0 spiro atoms. The fourth-order valence-corrected chi connectivity index (χ4v) is 3.54. The minimum absolute atomic E-state index is 0. The second-order valence-electron chi connectivity index (χ2n) is 6.13. The van der Waals surface area contributed by atoms with Gasteiger partial charge in [0.1, 0.15) is 0 Å². The number of halogens is 1. The number of carbonyl (C=O) groups excluding carboxylic acids is 1. The molecule has 0 fully saturated rings. The molecule has 1 N–H and O–H groups in total. The van der Waals surface area contributed by atoms with E-state index >= 15 is 0 Å². The van der Waals surface area contributed by atoms with Crippen molar-refractivity contribution in [3.63, 3.8) is 0 Å². The molecule has 2 heterocycles. The van der Waals surface area contributed by atoms with Crippen molar-refractivity contribution >= 4 is 17.6 Å². The number of hydrogen-bond acceptors (Lipinski definition) is 6. The van der Waals surface area contributed by atoms with Crippen LogP contribution in [0.25, 0.3) is 22.5 Å². The number of oxazole rings is 1. The van der Waals surface area contributed by atoms with E-state index in [-0.39, 0.29) is 37.4 Å². The zero-order valence-corrected chi connectivity index (χ0v) is 15.1. The first kappa shape index (κ1) is 19.5. The molecular weight excluding hydrogens is 367 g/mol. The Morgan fingerprint density at radius 2 is 2.11 bits per heavy atom. The van der Waals surface area contributed by atoms with Gasteiger partial charge in [-0.05, 0) is 37.1 Å². The summed E-state index contributed by atoms with van der Waals surface area (Å²) in [6.07, 6.45) is 4.18. The van der Waals surface area contributed by atoms with Crippen LogP contribution in [0.15, 0.2) is 47.5 Å². The number of rotatable bonds is 3. The van der Waals surface area contributed by atoms with Gasteiger partial charge in [-0.25, -0.2) is 4.98 Å². The molecule has 0 saturated heterocycles. The van der Waals surface area contributed by atoms with Gasteiger partial charge in [0.25, 0.3) is 0 Å². The van der Waals surface area contributed by atoms with Crippen molar-refractivity contribution in [1.82, 2.24) is 4.98 Å². The molecule has 0 aliphatic heterocycles. The zero-order chi connectivity index (χ0) is 18.5. The molecule has 1 aliphatic carbocycles. The number of aliphatic carboxylic acids is 1. The summed E-state index contributed by atoms with van der Waals surface area (Å²) >= 11 is 6.11. The van der Waals surface area contributed by atoms with Crippen molar-refractivity contribution in [3.8, 4) is 22.5 Å². The van der Waals surface area contributed by atoms with Crippen LogP contribution < -0.4 is 28.7 Å². The van der Waals surface area contributed by atoms with Gasteiger partial charge in [-0.1, -0.05) is 11.6 Å². The molecular formula is C18H12ClLiN2O5. The number of aryl methyl sites for hydroxylation is 1. The van der Waals surface area contributed by atoms with Gasteiger partial charge in [0.2, 0.25) is 5.69 Å². The Morgan fingerprint density at radius 1 is 1.33 bits per heavy atom. The molecule has 7 nitrogen and oxygen atoms in total. The number of hydrogen-bond donors (Lipinski definition) is 1. The van der Waals surface area contributed by atoms with E-state index in [1.165, 1.54) is 12.6 Å². The summed E-state index contributed by atoms with van der Waals surface area (Å²) in [5, 5.41) is 34.6. The molecule has 4 rings (SSSR count). The Hall–Kier alpha value is -2.30. The van der Waals surface area contributed by atoms with Gasteiger partial charge < -0.3 is 24.6 Å². The van der Waals surface area contributed by atoms with E-state index in [1.807, 2.05) is 0 Å². The van der Waals surface area contributed by atoms with Gasteiger partial charge >= 0.3 is 18.9 Å². The second kappa shape index (κ2) is 7.02. The molecule has 2 aromatic heterocycles. The van der Waals surface area contributed by atoms with E-state index in [0.717, 1.165) is 0 Å². The van der Waals surface area contributed by atoms with Crippen molar-refractivity contribution in [3.05, 3.63) is 64.5 Å². The van der Waals surface area contributed by atoms with E-state index in [0.29, 0.717) is 37.8 Å². The van der Waals surface area contributed by atoms with Crippen LogP contribution in [0.1, 0.15) is 17.7 Å². The Kier molecular flexibility index (Phi) is 5.06. The van der Waals surface area contributed by atoms with E-state index in [2.05, 4.69) is 4.98 Å². The maximum Gasteiger partial charge on any atom is 1.00 e. The molecule has 9 heteroatoms. The SMILES string of the molecule is O=C([O-])C1(O)CCc2cc(-c3cc(Cl)ccc3-c3cnco3)c[n+]([O-])c21.[Li+]. The number of pyridine rings is 1. The number of carboxylic acid groups (broad SMARTS) is 1. The summed E-state index contributed by atoms with van der Waals surface area (Å²) in [5.74, 6) is -1.18. The number of aromatic nitrogens is 2. The zero-order valence-electron chi connectivity index (χ0n) is 14.3. The van der Waals surface area contributed by atoms with Crippen molar-refractivity contribution in [2.75, 3.05) is 0 Å². The van der Waals surface area contributed by atoms with Gasteiger partial charge in [-0.2, -0.15) is 4.73 Å². The van der Waals surface area contributed by atoms with E-state index in [4.69, 9.17) is 16.0 Å². The molecule has 27 heavy (non-hydrogen) atoms. The average molecular weight is 379 g/mol. The number of nitrogens with zero attached hydrogens (tertiary/aromatic N) is 2. The fraction of sp³-hybridized carbons (Fsp3) is 0.167. The number of carboxylic acids is 1. The molecule has 132 valence electrons. The van der Waals surface area contributed by atoms with Gasteiger partial charge in [0, 0.05) is 27.3 Å². The Morgan fingerprint density at radius 3 is 2.78 bits per heavy atom. The molecule has 0 radical (unpaired) electrons. The second-order valence-corrected chi connectivity index (χ2v) is 6.57. The predicted molar refractivity (Wildman–Crippen MR) is 88.6 cm³/mol. The molecule has 1 unspecified atom stereocenters. The monoisotopic (exact) mass is 378 g/mol. The normalized spacial score (nSPS) is 18.0. The van der Waals surface area contributed by atoms with Gasteiger partial charge in [-0.15, -0.1) is 0 Å². The van der Waals surface area contributed by atoms with E-state index in [9.17, 15) is 20.2 Å². The van der Waals surface area contributed by atoms with Crippen LogP contribution in [-0.2, 0) is 16.8 Å². The third-order valence-corrected chi connectivity index (χ3v) is 4.82. The number of benzene rings is 1. The van der Waals surface area contributed by atoms with Crippen LogP contribution in [0.4, 0.5) is 0 Å². The predicted octanol–water partition coefficient (Wildman–Crippen LogP) is -1.82. The third kappa shape index (κ3) is 3.13. The van der Waals surface area contributed by atoms with Crippen LogP contribution in [0.2, 0.25) is 5.02 Å². The summed E-state index contributed by atoms with van der Waals surface area (Å²) in [7, 11) is 0. The smallest absolute Gasteiger partial charge is 0.618 e. The molecule has 0 amide bonds. The standard InChI is InChI=1S/C18H13ClN2O5.Li/c19-12-1-2-13(15-7-20-9-26-15)14(6-12)11-5-10-3-4-18(24,17(22)23)16(10)21(25)8-11;/h1-2,5-9,24H,3-4H2,(H,22,23);/q;+1/p-1. The first-order chi connectivity index (χ1) is 12.4. The average Bonchev–Trinajstić information content (AvgIpc) is 3.24. The third-order valence-electron chi connectivity index (χ3n) is 4.59. The summed E-state index contributed by atoms with van der Waals surface area (Å²) in [5.41, 5.74) is -0.199. The molecule has 1 aliphatic rings. The van der Waals surface area contributed by atoms with Crippen molar-refractivity contribution < 1.29 is 43.0 Å². The fourth-order valence-electron chi connectivity index (χ4n) is 3.36. The van der Waals surface area contributed by atoms with Crippen LogP contribution in [0.5, 0.6) is 0 Å². The maximum atomic E-state index is 12.5. The molecule has 0 saturated carbocycles. The van der Waals surface area contributed by atoms with E-state index in [1.54, 1.807) is 30.5 Å². The topological polar surface area (TPSA) is 113 Å². The minimum Gasteiger partial charge on any atom is -0.618 e. The number of carbonyl (C=O) groups is 1. The van der Waals surface area contributed by atoms with Crippen LogP contribution in [-0.4, -0.2) is 16.1 Å². The van der Waals surface area contributed by atoms with Crippen LogP contribution in [0.3, 0.4) is 0 Å². The Bertz CT molecular complexity index is 1020. The van der Waals surface area contributed by atoms with Crippen LogP contribution in [0, 0.1) is 5.21 Å². The first-order valence-electron chi connectivity index (χ1n) is 7.79. The quantitative estimate of drug-likeness (QED) is 0.326. The maximum absolute atomic E-state index is 12.5. The van der Waals surface area contributed by atoms with Gasteiger partial charge in [-0.3, -0.25) is 0 Å². The first-order valence-corrected chi connectivity index (χ1v) is 8.17. The van der Waals surface area contributed by atoms with Crippen molar-refractivity contribution in [2.24, 2.45) is 0 Å². The molecule has 1 aromatic carbocycles. The van der Waals surface area contributed by atoms with Crippen molar-refractivity contribution in [2.45, 2.75) is 18.4 Å². The molecule has 0 bridgehead atoms. The minimum atomic E-state index is -2.28. The summed E-state index contributed by atoms with van der Waals surface area (Å²) in [6, 6.07) is 6.80. The Balaban J connectivity index is 0.00000210. The summed E-state index contributed by atoms with van der Waals surface area (Å²) in [4.78, 5) is 15.2. The number of fused-ring (bicyclic) bond motifs is 1. The number of aliphatic hydroxyl groups is 1. The Labute approximate surface area is 171 Å².